The fourth-order valence-electron chi connectivity index (χ4n) is 1.42. The number of aliphatic carboxylic acids is 1. The van der Waals surface area contributed by atoms with Crippen LogP contribution in [0.3, 0.4) is 0 Å². The maximum Gasteiger partial charge on any atom is 0.309 e. The molecule has 2 nitrogen and oxygen atoms in total. The maximum atomic E-state index is 13.5. The number of hydrogen-bond donors (Lipinski definition) is 1. The quantitative estimate of drug-likeness (QED) is 0.863. The van der Waals surface area contributed by atoms with Crippen LogP contribution in [0, 0.1) is 24.0 Å². The van der Waals surface area contributed by atoms with Gasteiger partial charge in [0, 0.05) is 5.56 Å². The van der Waals surface area contributed by atoms with E-state index in [1.54, 1.807) is 6.92 Å². The van der Waals surface area contributed by atoms with Gasteiger partial charge in [0.1, 0.15) is 11.6 Å². The Morgan fingerprint density at radius 3 is 2.12 bits per heavy atom. The lowest BCUT2D eigenvalue weighted by atomic mass is 9.85. The molecular formula is C12H14F2O2. The van der Waals surface area contributed by atoms with Gasteiger partial charge in [0.2, 0.25) is 0 Å². The van der Waals surface area contributed by atoms with E-state index in [1.807, 2.05) is 0 Å². The van der Waals surface area contributed by atoms with Crippen molar-refractivity contribution in [3.05, 3.63) is 34.9 Å². The minimum atomic E-state index is -1.18. The van der Waals surface area contributed by atoms with Crippen molar-refractivity contribution in [2.24, 2.45) is 5.41 Å². The second-order valence-electron chi connectivity index (χ2n) is 4.57. The Hall–Kier alpha value is -1.45. The van der Waals surface area contributed by atoms with E-state index in [1.165, 1.54) is 26.0 Å². The minimum absolute atomic E-state index is 0.166. The van der Waals surface area contributed by atoms with Gasteiger partial charge in [-0.05, 0) is 44.9 Å². The van der Waals surface area contributed by atoms with Crippen LogP contribution in [0.2, 0.25) is 0 Å². The van der Waals surface area contributed by atoms with Crippen molar-refractivity contribution in [2.45, 2.75) is 27.2 Å². The molecule has 0 fully saturated rings. The third kappa shape index (κ3) is 2.56. The molecular weight excluding hydrogens is 214 g/mol. The van der Waals surface area contributed by atoms with Gasteiger partial charge in [-0.25, -0.2) is 8.78 Å². The van der Waals surface area contributed by atoms with Gasteiger partial charge in [-0.1, -0.05) is 0 Å². The van der Waals surface area contributed by atoms with Gasteiger partial charge in [0.25, 0.3) is 0 Å². The largest absolute Gasteiger partial charge is 0.481 e. The molecule has 1 aromatic carbocycles. The molecule has 1 N–H and O–H groups in total. The molecule has 0 aliphatic carbocycles. The van der Waals surface area contributed by atoms with Crippen LogP contribution < -0.4 is 0 Å². The lowest BCUT2D eigenvalue weighted by Crippen LogP contribution is -2.27. The first-order chi connectivity index (χ1) is 7.24. The summed E-state index contributed by atoms with van der Waals surface area (Å²) >= 11 is 0. The highest BCUT2D eigenvalue weighted by Gasteiger charge is 2.30. The molecule has 0 amide bonds. The van der Waals surface area contributed by atoms with Crippen LogP contribution in [0.5, 0.6) is 0 Å². The van der Waals surface area contributed by atoms with Crippen LogP contribution in [0.25, 0.3) is 0 Å². The molecule has 0 aliphatic rings. The molecule has 88 valence electrons. The molecule has 16 heavy (non-hydrogen) atoms. The van der Waals surface area contributed by atoms with E-state index in [9.17, 15) is 13.6 Å². The van der Waals surface area contributed by atoms with Gasteiger partial charge in [-0.15, -0.1) is 0 Å². The summed E-state index contributed by atoms with van der Waals surface area (Å²) in [6.45, 7) is 4.46. The number of carboxylic acids is 1. The second-order valence-corrected chi connectivity index (χ2v) is 4.57. The first-order valence-corrected chi connectivity index (χ1v) is 4.92. The first kappa shape index (κ1) is 12.6. The number of benzene rings is 1. The smallest absolute Gasteiger partial charge is 0.309 e. The molecule has 4 heteroatoms. The molecule has 0 saturated heterocycles. The van der Waals surface area contributed by atoms with E-state index in [-0.39, 0.29) is 12.0 Å². The molecule has 0 radical (unpaired) electrons. The predicted molar refractivity (Wildman–Crippen MR) is 56.2 cm³/mol. The summed E-state index contributed by atoms with van der Waals surface area (Å²) < 4.78 is 26.9. The Balaban J connectivity index is 3.11. The SMILES string of the molecule is Cc1cc(F)c(CC(C)(C)C(=O)O)c(F)c1. The fourth-order valence-corrected chi connectivity index (χ4v) is 1.42. The molecule has 0 bridgehead atoms. The average Bonchev–Trinajstić information content (AvgIpc) is 2.11. The fraction of sp³-hybridized carbons (Fsp3) is 0.417. The number of hydrogen-bond acceptors (Lipinski definition) is 1. The number of halogens is 2. The van der Waals surface area contributed by atoms with Crippen LogP contribution in [0.1, 0.15) is 25.0 Å². The predicted octanol–water partition coefficient (Wildman–Crippen LogP) is 2.93. The Kier molecular flexibility index (Phi) is 3.31. The summed E-state index contributed by atoms with van der Waals surface area (Å²) in [7, 11) is 0. The summed E-state index contributed by atoms with van der Waals surface area (Å²) in [5.41, 5.74) is -0.874. The van der Waals surface area contributed by atoms with Crippen molar-refractivity contribution < 1.29 is 18.7 Å². The van der Waals surface area contributed by atoms with E-state index in [4.69, 9.17) is 5.11 Å². The molecule has 1 rings (SSSR count). The van der Waals surface area contributed by atoms with E-state index in [0.717, 1.165) is 0 Å². The number of aryl methyl sites for hydroxylation is 1. The summed E-state index contributed by atoms with van der Waals surface area (Å²) in [5.74, 6) is -2.45. The highest BCUT2D eigenvalue weighted by molar-refractivity contribution is 5.74. The normalized spacial score (nSPS) is 11.6. The lowest BCUT2D eigenvalue weighted by molar-refractivity contribution is -0.146. The van der Waals surface area contributed by atoms with Crippen molar-refractivity contribution in [2.75, 3.05) is 0 Å². The van der Waals surface area contributed by atoms with E-state index in [2.05, 4.69) is 0 Å². The summed E-state index contributed by atoms with van der Waals surface area (Å²) in [4.78, 5) is 10.9. The zero-order chi connectivity index (χ0) is 12.5. The molecule has 0 saturated carbocycles. The third-order valence-electron chi connectivity index (χ3n) is 2.48. The zero-order valence-electron chi connectivity index (χ0n) is 9.47. The topological polar surface area (TPSA) is 37.3 Å². The van der Waals surface area contributed by atoms with Crippen molar-refractivity contribution in [1.29, 1.82) is 0 Å². The van der Waals surface area contributed by atoms with Gasteiger partial charge < -0.3 is 5.11 Å². The Labute approximate surface area is 92.9 Å². The molecule has 0 aliphatic heterocycles. The number of carboxylic acid groups (broad SMARTS) is 1. The first-order valence-electron chi connectivity index (χ1n) is 4.92. The van der Waals surface area contributed by atoms with Crippen molar-refractivity contribution in [3.8, 4) is 0 Å². The van der Waals surface area contributed by atoms with Gasteiger partial charge in [-0.3, -0.25) is 4.79 Å². The summed E-state index contributed by atoms with van der Waals surface area (Å²) in [6.07, 6.45) is -0.166. The van der Waals surface area contributed by atoms with Crippen LogP contribution in [-0.2, 0) is 11.2 Å². The Morgan fingerprint density at radius 1 is 1.31 bits per heavy atom. The van der Waals surface area contributed by atoms with E-state index < -0.39 is 23.0 Å². The summed E-state index contributed by atoms with van der Waals surface area (Å²) in [6, 6.07) is 2.41. The lowest BCUT2D eigenvalue weighted by Gasteiger charge is -2.19. The van der Waals surface area contributed by atoms with Crippen LogP contribution in [0.4, 0.5) is 8.78 Å². The molecule has 1 aromatic rings. The monoisotopic (exact) mass is 228 g/mol. The maximum absolute atomic E-state index is 13.5. The van der Waals surface area contributed by atoms with E-state index >= 15 is 0 Å². The van der Waals surface area contributed by atoms with Crippen molar-refractivity contribution in [3.63, 3.8) is 0 Å². The molecule has 0 unspecified atom stereocenters. The van der Waals surface area contributed by atoms with Crippen molar-refractivity contribution >= 4 is 5.97 Å². The third-order valence-corrected chi connectivity index (χ3v) is 2.48. The highest BCUT2D eigenvalue weighted by atomic mass is 19.1. The average molecular weight is 228 g/mol. The van der Waals surface area contributed by atoms with E-state index in [0.29, 0.717) is 5.56 Å². The number of carbonyl (C=O) groups is 1. The summed E-state index contributed by atoms with van der Waals surface area (Å²) in [5, 5.41) is 8.89. The molecule has 0 heterocycles. The van der Waals surface area contributed by atoms with Gasteiger partial charge in [0.05, 0.1) is 5.41 Å². The van der Waals surface area contributed by atoms with Crippen LogP contribution >= 0.6 is 0 Å². The highest BCUT2D eigenvalue weighted by Crippen LogP contribution is 2.26. The van der Waals surface area contributed by atoms with Crippen molar-refractivity contribution in [1.82, 2.24) is 0 Å². The Morgan fingerprint density at radius 2 is 1.75 bits per heavy atom. The second kappa shape index (κ2) is 4.20. The molecule has 0 atom stereocenters. The zero-order valence-corrected chi connectivity index (χ0v) is 9.47. The number of rotatable bonds is 3. The molecule has 0 aromatic heterocycles. The van der Waals surface area contributed by atoms with Gasteiger partial charge in [0.15, 0.2) is 0 Å². The standard InChI is InChI=1S/C12H14F2O2/c1-7-4-9(13)8(10(14)5-7)6-12(2,3)11(15)16/h4-5H,6H2,1-3H3,(H,15,16). The van der Waals surface area contributed by atoms with Crippen LogP contribution in [-0.4, -0.2) is 11.1 Å². The Bertz CT molecular complexity index is 402. The van der Waals surface area contributed by atoms with Gasteiger partial charge >= 0.3 is 5.97 Å². The van der Waals surface area contributed by atoms with Crippen LogP contribution in [0.15, 0.2) is 12.1 Å². The van der Waals surface area contributed by atoms with Gasteiger partial charge in [-0.2, -0.15) is 0 Å². The minimum Gasteiger partial charge on any atom is -0.481 e. The molecule has 0 spiro atoms.